The molecule has 11 aromatic carbocycles. The molecular formula is C86H82N4Si2. The molecule has 3 aromatic heterocycles. The Morgan fingerprint density at radius 1 is 0.239 bits per heavy atom. The molecule has 0 aliphatic carbocycles. The highest BCUT2D eigenvalue weighted by Gasteiger charge is 2.46. The maximum Gasteiger partial charge on any atom is 0.179 e. The van der Waals surface area contributed by atoms with E-state index in [1.165, 1.54) is 85.3 Å². The fraction of sp³-hybridized carbons (Fsp3) is 0.186. The third-order valence-electron chi connectivity index (χ3n) is 19.4. The summed E-state index contributed by atoms with van der Waals surface area (Å²) in [6.45, 7) is 27.8. The highest BCUT2D eigenvalue weighted by Crippen LogP contribution is 2.41. The van der Waals surface area contributed by atoms with E-state index < -0.39 is 16.1 Å². The molecule has 92 heavy (non-hydrogen) atoms. The number of nitrogens with zero attached hydrogens (tertiary/aromatic N) is 4. The first kappa shape index (κ1) is 60.1. The molecule has 0 saturated heterocycles. The Bertz CT molecular complexity index is 4390. The van der Waals surface area contributed by atoms with Gasteiger partial charge in [0.25, 0.3) is 0 Å². The van der Waals surface area contributed by atoms with Crippen LogP contribution in [0.1, 0.15) is 105 Å². The smallest absolute Gasteiger partial charge is 0.179 e. The largest absolute Gasteiger partial charge is 0.294 e. The molecule has 3 heterocycles. The number of fused-ring (bicyclic) bond motifs is 6. The van der Waals surface area contributed by atoms with Crippen molar-refractivity contribution in [2.24, 2.45) is 0 Å². The lowest BCUT2D eigenvalue weighted by atomic mass is 9.85. The van der Waals surface area contributed by atoms with Crippen molar-refractivity contribution in [3.05, 3.63) is 301 Å². The second-order valence-electron chi connectivity index (χ2n) is 29.5. The molecule has 0 bridgehead atoms. The van der Waals surface area contributed by atoms with Crippen molar-refractivity contribution in [3.8, 4) is 23.0 Å². The predicted molar refractivity (Wildman–Crippen MR) is 398 cm³/mol. The molecule has 0 aliphatic heterocycles. The summed E-state index contributed by atoms with van der Waals surface area (Å²) in [5.74, 6) is 2.24. The van der Waals surface area contributed by atoms with E-state index in [4.69, 9.17) is 9.97 Å². The van der Waals surface area contributed by atoms with Gasteiger partial charge in [0.2, 0.25) is 0 Å². The van der Waals surface area contributed by atoms with Crippen molar-refractivity contribution in [1.82, 2.24) is 19.1 Å². The first-order valence-corrected chi connectivity index (χ1v) is 36.7. The van der Waals surface area contributed by atoms with Crippen LogP contribution in [0.15, 0.2) is 279 Å². The number of aromatic nitrogens is 4. The quantitative estimate of drug-likeness (QED) is 0.0956. The molecule has 14 aromatic rings. The molecule has 0 fully saturated rings. The van der Waals surface area contributed by atoms with Gasteiger partial charge in [0.05, 0.1) is 22.1 Å². The summed E-state index contributed by atoms with van der Waals surface area (Å²) in [4.78, 5) is 12.2. The zero-order valence-corrected chi connectivity index (χ0v) is 57.3. The van der Waals surface area contributed by atoms with E-state index in [1.807, 2.05) is 0 Å². The Morgan fingerprint density at radius 2 is 0.467 bits per heavy atom. The minimum absolute atomic E-state index is 0.0754. The normalized spacial score (nSPS) is 12.8. The van der Waals surface area contributed by atoms with Gasteiger partial charge in [-0.25, -0.2) is 9.97 Å². The van der Waals surface area contributed by atoms with Crippen LogP contribution in [0.25, 0.3) is 66.6 Å². The second-order valence-corrected chi connectivity index (χ2v) is 37.1. The lowest BCUT2D eigenvalue weighted by Gasteiger charge is -2.38. The van der Waals surface area contributed by atoms with E-state index >= 15 is 0 Å². The Hall–Kier alpha value is -9.47. The summed E-state index contributed by atoms with van der Waals surface area (Å²) in [6.07, 6.45) is 0. The van der Waals surface area contributed by atoms with Crippen LogP contribution in [0.4, 0.5) is 0 Å². The van der Waals surface area contributed by atoms with E-state index in [9.17, 15) is 0 Å². The zero-order chi connectivity index (χ0) is 64.0. The van der Waals surface area contributed by atoms with Crippen LogP contribution in [-0.4, -0.2) is 35.2 Å². The van der Waals surface area contributed by atoms with Crippen LogP contribution >= 0.6 is 0 Å². The van der Waals surface area contributed by atoms with Gasteiger partial charge < -0.3 is 0 Å². The van der Waals surface area contributed by atoms with Crippen molar-refractivity contribution >= 4 is 101 Å². The van der Waals surface area contributed by atoms with Crippen molar-refractivity contribution in [2.75, 3.05) is 0 Å². The van der Waals surface area contributed by atoms with Crippen molar-refractivity contribution < 1.29 is 0 Å². The molecule has 0 N–H and O–H groups in total. The standard InChI is InChI=1S/C86H82N4Si2/c1-83(2,3)60-43-47-76-72(53-60)73-54-61(84(4,5)6)44-48-77(73)89(76)80-58-81(90-78-49-45-62(85(7,8)9)55-74(78)75-56-63(86(10,11)12)46-50-79(75)90)88-82(87-80)59-51-70(91(64-31-19-13-20-32-64,65-33-21-14-22-34-65)66-35-23-15-24-36-66)57-71(52-59)92(67-37-25-16-26-38-67,68-39-27-17-28-40-68)69-41-29-18-30-42-69/h13-58H,1-12H3. The van der Waals surface area contributed by atoms with E-state index in [0.717, 1.165) is 39.3 Å². The predicted octanol–water partition coefficient (Wildman–Crippen LogP) is 16.3. The molecule has 0 spiro atoms. The fourth-order valence-corrected chi connectivity index (χ4v) is 24.3. The lowest BCUT2D eigenvalue weighted by Crippen LogP contribution is -2.78. The first-order chi connectivity index (χ1) is 44.1. The van der Waals surface area contributed by atoms with Gasteiger partial charge in [0.1, 0.15) is 11.6 Å². The molecule has 0 amide bonds. The van der Waals surface area contributed by atoms with E-state index in [1.54, 1.807) is 0 Å². The average Bonchev–Trinajstić information content (AvgIpc) is 0.964. The Morgan fingerprint density at radius 3 is 0.685 bits per heavy atom. The molecule has 0 radical (unpaired) electrons. The van der Waals surface area contributed by atoms with Gasteiger partial charge in [0, 0.05) is 33.2 Å². The van der Waals surface area contributed by atoms with Crippen LogP contribution in [-0.2, 0) is 21.7 Å². The lowest BCUT2D eigenvalue weighted by molar-refractivity contribution is 0.590. The number of rotatable bonds is 11. The average molecular weight is 1230 g/mol. The highest BCUT2D eigenvalue weighted by molar-refractivity contribution is 7.22. The summed E-state index contributed by atoms with van der Waals surface area (Å²) in [5, 5.41) is 15.1. The summed E-state index contributed by atoms with van der Waals surface area (Å²) in [6, 6.07) is 107. The number of hydrogen-bond donors (Lipinski definition) is 0. The van der Waals surface area contributed by atoms with Gasteiger partial charge in [-0.05, 0) is 134 Å². The van der Waals surface area contributed by atoms with E-state index in [2.05, 4.69) is 371 Å². The minimum Gasteiger partial charge on any atom is -0.294 e. The summed E-state index contributed by atoms with van der Waals surface area (Å²) < 4.78 is 4.86. The van der Waals surface area contributed by atoms with Crippen molar-refractivity contribution in [1.29, 1.82) is 0 Å². The van der Waals surface area contributed by atoms with Crippen LogP contribution < -0.4 is 41.5 Å². The molecule has 454 valence electrons. The van der Waals surface area contributed by atoms with Gasteiger partial charge in [-0.3, -0.25) is 9.13 Å². The van der Waals surface area contributed by atoms with Crippen LogP contribution in [0.5, 0.6) is 0 Å². The maximum absolute atomic E-state index is 6.10. The molecular weight excluding hydrogens is 1150 g/mol. The second kappa shape index (κ2) is 22.7. The monoisotopic (exact) mass is 1230 g/mol. The first-order valence-electron chi connectivity index (χ1n) is 32.7. The summed E-state index contributed by atoms with van der Waals surface area (Å²) >= 11 is 0. The zero-order valence-electron chi connectivity index (χ0n) is 55.3. The Labute approximate surface area is 546 Å². The Balaban J connectivity index is 1.19. The molecule has 0 saturated carbocycles. The van der Waals surface area contributed by atoms with Gasteiger partial charge in [-0.1, -0.05) is 308 Å². The molecule has 4 nitrogen and oxygen atoms in total. The van der Waals surface area contributed by atoms with E-state index in [-0.39, 0.29) is 21.7 Å². The van der Waals surface area contributed by atoms with Crippen molar-refractivity contribution in [2.45, 2.75) is 105 Å². The Kier molecular flexibility index (Phi) is 14.9. The van der Waals surface area contributed by atoms with Gasteiger partial charge in [-0.15, -0.1) is 0 Å². The highest BCUT2D eigenvalue weighted by atomic mass is 28.3. The van der Waals surface area contributed by atoms with Crippen LogP contribution in [0.2, 0.25) is 0 Å². The maximum atomic E-state index is 6.10. The molecule has 0 atom stereocenters. The van der Waals surface area contributed by atoms with Crippen LogP contribution in [0, 0.1) is 0 Å². The van der Waals surface area contributed by atoms with Gasteiger partial charge in [0.15, 0.2) is 22.0 Å². The molecule has 6 heteroatoms. The molecule has 0 aliphatic rings. The van der Waals surface area contributed by atoms with Gasteiger partial charge in [-0.2, -0.15) is 0 Å². The summed E-state index contributed by atoms with van der Waals surface area (Å²) in [7, 11) is -6.57. The van der Waals surface area contributed by atoms with Crippen molar-refractivity contribution in [3.63, 3.8) is 0 Å². The fourth-order valence-electron chi connectivity index (χ4n) is 14.5. The number of hydrogen-bond acceptors (Lipinski definition) is 2. The third-order valence-corrected chi connectivity index (χ3v) is 29.0. The third kappa shape index (κ3) is 10.3. The molecule has 0 unspecified atom stereocenters. The van der Waals surface area contributed by atoms with Gasteiger partial charge >= 0.3 is 0 Å². The number of benzene rings is 11. The van der Waals surface area contributed by atoms with Crippen LogP contribution in [0.3, 0.4) is 0 Å². The minimum atomic E-state index is -3.28. The SMILES string of the molecule is CC(C)(C)c1ccc2c(c1)c1cc(C(C)(C)C)ccc1n2-c1cc(-n2c3ccc(C(C)(C)C)cc3c3cc(C(C)(C)C)ccc32)nc(-c2cc([Si](c3ccccc3)(c3ccccc3)c3ccccc3)cc([Si](c3ccccc3)(c3ccccc3)c3ccccc3)c2)n1. The van der Waals surface area contributed by atoms with E-state index in [0.29, 0.717) is 5.82 Å². The topological polar surface area (TPSA) is 35.6 Å². The summed E-state index contributed by atoms with van der Waals surface area (Å²) in [5.41, 5.74) is 10.2. The molecule has 14 rings (SSSR count).